The van der Waals surface area contributed by atoms with E-state index < -0.39 is 0 Å². The fourth-order valence-electron chi connectivity index (χ4n) is 4.15. The van der Waals surface area contributed by atoms with Crippen LogP contribution in [-0.4, -0.2) is 54.3 Å². The molecule has 0 radical (unpaired) electrons. The predicted octanol–water partition coefficient (Wildman–Crippen LogP) is 3.80. The number of ether oxygens (including phenoxy) is 2. The Hall–Kier alpha value is -1.11. The molecule has 0 aromatic carbocycles. The number of carbonyl (C=O) groups is 1. The molecule has 0 unspecified atom stereocenters. The number of amides is 1. The first-order chi connectivity index (χ1) is 12.2. The number of hydrogen-bond acceptors (Lipinski definition) is 5. The standard InChI is InChI=1S/C19H28N2O3S/c1-2-21-14-19(24-18(21)22)8-10-20(11-9-19)13-15-6-7-17(25-15)16-5-3-4-12-23-16/h6-7,16H,2-5,8-14H2,1H3/t16-/m1/s1. The van der Waals surface area contributed by atoms with Crippen molar-refractivity contribution < 1.29 is 14.3 Å². The minimum atomic E-state index is -0.236. The van der Waals surface area contributed by atoms with Crippen LogP contribution in [0.25, 0.3) is 0 Å². The Kier molecular flexibility index (Phi) is 5.02. The molecule has 0 saturated carbocycles. The maximum Gasteiger partial charge on any atom is 0.410 e. The largest absolute Gasteiger partial charge is 0.441 e. The average Bonchev–Trinajstić information content (AvgIpc) is 3.23. The maximum absolute atomic E-state index is 11.9. The van der Waals surface area contributed by atoms with E-state index >= 15 is 0 Å². The highest BCUT2D eigenvalue weighted by atomic mass is 32.1. The van der Waals surface area contributed by atoms with E-state index in [1.165, 1.54) is 22.6 Å². The molecule has 25 heavy (non-hydrogen) atoms. The molecular weight excluding hydrogens is 336 g/mol. The van der Waals surface area contributed by atoms with Gasteiger partial charge in [-0.15, -0.1) is 11.3 Å². The third-order valence-corrected chi connectivity index (χ3v) is 6.91. The summed E-state index contributed by atoms with van der Waals surface area (Å²) in [6, 6.07) is 4.51. The molecule has 5 nitrogen and oxygen atoms in total. The molecule has 1 aromatic heterocycles. The Bertz CT molecular complexity index is 604. The van der Waals surface area contributed by atoms with Crippen molar-refractivity contribution in [3.63, 3.8) is 0 Å². The molecule has 4 rings (SSSR count). The van der Waals surface area contributed by atoms with Gasteiger partial charge >= 0.3 is 6.09 Å². The summed E-state index contributed by atoms with van der Waals surface area (Å²) < 4.78 is 11.6. The number of likely N-dealkylation sites (N-methyl/N-ethyl adjacent to an activating group) is 1. The number of likely N-dealkylation sites (tertiary alicyclic amines) is 1. The van der Waals surface area contributed by atoms with Crippen LogP contribution >= 0.6 is 11.3 Å². The molecule has 1 amide bonds. The van der Waals surface area contributed by atoms with Crippen molar-refractivity contribution in [2.45, 2.75) is 57.3 Å². The lowest BCUT2D eigenvalue weighted by Gasteiger charge is -2.37. The van der Waals surface area contributed by atoms with Gasteiger partial charge in [0.05, 0.1) is 12.6 Å². The van der Waals surface area contributed by atoms with Crippen molar-refractivity contribution in [3.8, 4) is 0 Å². The summed E-state index contributed by atoms with van der Waals surface area (Å²) in [5.41, 5.74) is -0.236. The van der Waals surface area contributed by atoms with Gasteiger partial charge in [-0.05, 0) is 38.3 Å². The van der Waals surface area contributed by atoms with Crippen molar-refractivity contribution in [1.82, 2.24) is 9.80 Å². The van der Waals surface area contributed by atoms with Gasteiger partial charge in [0.1, 0.15) is 5.60 Å². The van der Waals surface area contributed by atoms with E-state index in [1.807, 2.05) is 23.2 Å². The van der Waals surface area contributed by atoms with E-state index in [0.29, 0.717) is 6.10 Å². The zero-order valence-electron chi connectivity index (χ0n) is 15.0. The van der Waals surface area contributed by atoms with Gasteiger partial charge in [-0.3, -0.25) is 4.90 Å². The van der Waals surface area contributed by atoms with E-state index in [1.54, 1.807) is 0 Å². The summed E-state index contributed by atoms with van der Waals surface area (Å²) in [5, 5.41) is 0. The van der Waals surface area contributed by atoms with Crippen molar-refractivity contribution in [1.29, 1.82) is 0 Å². The Morgan fingerprint density at radius 1 is 1.28 bits per heavy atom. The highest BCUT2D eigenvalue weighted by molar-refractivity contribution is 7.12. The normalized spacial score (nSPS) is 27.0. The van der Waals surface area contributed by atoms with Gasteiger partial charge in [0.25, 0.3) is 0 Å². The SMILES string of the molecule is CCN1CC2(CCN(Cc3ccc([C@H]4CCCCO4)s3)CC2)OC1=O. The summed E-state index contributed by atoms with van der Waals surface area (Å²) in [6.45, 7) is 7.41. The second-order valence-electron chi connectivity index (χ2n) is 7.50. The van der Waals surface area contributed by atoms with E-state index in [2.05, 4.69) is 17.0 Å². The summed E-state index contributed by atoms with van der Waals surface area (Å²) in [7, 11) is 0. The lowest BCUT2D eigenvalue weighted by atomic mass is 9.91. The molecule has 0 aliphatic carbocycles. The monoisotopic (exact) mass is 364 g/mol. The molecule has 3 fully saturated rings. The second kappa shape index (κ2) is 7.25. The maximum atomic E-state index is 11.9. The topological polar surface area (TPSA) is 42.0 Å². The molecule has 0 N–H and O–H groups in total. The van der Waals surface area contributed by atoms with Crippen molar-refractivity contribution >= 4 is 17.4 Å². The molecular formula is C19H28N2O3S. The van der Waals surface area contributed by atoms with Crippen LogP contribution < -0.4 is 0 Å². The van der Waals surface area contributed by atoms with Crippen molar-refractivity contribution in [2.24, 2.45) is 0 Å². The van der Waals surface area contributed by atoms with Crippen LogP contribution in [0.3, 0.4) is 0 Å². The molecule has 1 spiro atoms. The van der Waals surface area contributed by atoms with E-state index in [9.17, 15) is 4.79 Å². The summed E-state index contributed by atoms with van der Waals surface area (Å²) >= 11 is 1.90. The van der Waals surface area contributed by atoms with Gasteiger partial charge in [0, 0.05) is 55.4 Å². The van der Waals surface area contributed by atoms with Gasteiger partial charge in [-0.25, -0.2) is 4.79 Å². The van der Waals surface area contributed by atoms with Gasteiger partial charge in [0.2, 0.25) is 0 Å². The minimum absolute atomic E-state index is 0.133. The van der Waals surface area contributed by atoms with E-state index in [-0.39, 0.29) is 11.7 Å². The molecule has 6 heteroatoms. The lowest BCUT2D eigenvalue weighted by molar-refractivity contribution is -0.00100. The summed E-state index contributed by atoms with van der Waals surface area (Å²) in [5.74, 6) is 0. The number of thiophene rings is 1. The smallest absolute Gasteiger partial charge is 0.410 e. The summed E-state index contributed by atoms with van der Waals surface area (Å²) in [6.07, 6.45) is 5.70. The quantitative estimate of drug-likeness (QED) is 0.815. The third-order valence-electron chi connectivity index (χ3n) is 5.75. The minimum Gasteiger partial charge on any atom is -0.441 e. The predicted molar refractivity (Wildman–Crippen MR) is 97.8 cm³/mol. The van der Waals surface area contributed by atoms with Crippen molar-refractivity contribution in [2.75, 3.05) is 32.8 Å². The average molecular weight is 365 g/mol. The van der Waals surface area contributed by atoms with Crippen molar-refractivity contribution in [3.05, 3.63) is 21.9 Å². The fraction of sp³-hybridized carbons (Fsp3) is 0.737. The van der Waals surface area contributed by atoms with Crippen LogP contribution in [0, 0.1) is 0 Å². The van der Waals surface area contributed by atoms with E-state index in [4.69, 9.17) is 9.47 Å². The molecule has 4 heterocycles. The molecule has 138 valence electrons. The third kappa shape index (κ3) is 3.71. The van der Waals surface area contributed by atoms with E-state index in [0.717, 1.165) is 58.6 Å². The van der Waals surface area contributed by atoms with Crippen LogP contribution in [0.2, 0.25) is 0 Å². The number of rotatable bonds is 4. The zero-order valence-corrected chi connectivity index (χ0v) is 15.9. The number of carbonyl (C=O) groups excluding carboxylic acids is 1. The Balaban J connectivity index is 1.30. The molecule has 3 saturated heterocycles. The number of piperidine rings is 1. The summed E-state index contributed by atoms with van der Waals surface area (Å²) in [4.78, 5) is 19.0. The first kappa shape index (κ1) is 17.3. The highest BCUT2D eigenvalue weighted by Gasteiger charge is 2.46. The van der Waals surface area contributed by atoms with Gasteiger partial charge in [0.15, 0.2) is 0 Å². The molecule has 3 aliphatic rings. The first-order valence-electron chi connectivity index (χ1n) is 9.58. The van der Waals surface area contributed by atoms with Crippen LogP contribution in [0.15, 0.2) is 12.1 Å². The van der Waals surface area contributed by atoms with Crippen LogP contribution in [0.1, 0.15) is 54.9 Å². The van der Waals surface area contributed by atoms with Crippen LogP contribution in [0.5, 0.6) is 0 Å². The fourth-order valence-corrected chi connectivity index (χ4v) is 5.29. The van der Waals surface area contributed by atoms with Gasteiger partial charge in [-0.1, -0.05) is 0 Å². The number of hydrogen-bond donors (Lipinski definition) is 0. The van der Waals surface area contributed by atoms with Crippen LogP contribution in [-0.2, 0) is 16.0 Å². The van der Waals surface area contributed by atoms with Gasteiger partial charge < -0.3 is 14.4 Å². The zero-order chi connectivity index (χ0) is 17.3. The second-order valence-corrected chi connectivity index (χ2v) is 8.70. The number of nitrogens with zero attached hydrogens (tertiary/aromatic N) is 2. The lowest BCUT2D eigenvalue weighted by Crippen LogP contribution is -2.46. The van der Waals surface area contributed by atoms with Crippen LogP contribution in [0.4, 0.5) is 4.79 Å². The molecule has 3 aliphatic heterocycles. The molecule has 0 bridgehead atoms. The Labute approximate surface area is 153 Å². The van der Waals surface area contributed by atoms with Gasteiger partial charge in [-0.2, -0.15) is 0 Å². The highest BCUT2D eigenvalue weighted by Crippen LogP contribution is 2.35. The molecule has 1 aromatic rings. The Morgan fingerprint density at radius 3 is 2.80 bits per heavy atom. The Morgan fingerprint density at radius 2 is 2.12 bits per heavy atom. The molecule has 1 atom stereocenters. The first-order valence-corrected chi connectivity index (χ1v) is 10.4.